The number of aryl methyl sites for hydroxylation is 1. The van der Waals surface area contributed by atoms with Gasteiger partial charge in [-0.15, -0.1) is 0 Å². The van der Waals surface area contributed by atoms with E-state index < -0.39 is 0 Å². The summed E-state index contributed by atoms with van der Waals surface area (Å²) in [6.45, 7) is 2.38. The molecular weight excluding hydrogens is 290 g/mol. The predicted octanol–water partition coefficient (Wildman–Crippen LogP) is 4.31. The van der Waals surface area contributed by atoms with Crippen molar-refractivity contribution in [1.82, 2.24) is 5.32 Å². The minimum absolute atomic E-state index is 0.150. The highest BCUT2D eigenvalue weighted by atomic mass is 16.5. The fraction of sp³-hybridized carbons (Fsp3) is 0.105. The van der Waals surface area contributed by atoms with Crippen LogP contribution in [0.15, 0.2) is 71.3 Å². The molecule has 0 atom stereocenters. The summed E-state index contributed by atoms with van der Waals surface area (Å²) in [4.78, 5) is 12.1. The first-order chi connectivity index (χ1) is 11.2. The van der Waals surface area contributed by atoms with E-state index in [-0.39, 0.29) is 5.91 Å². The van der Waals surface area contributed by atoms with Gasteiger partial charge in [-0.1, -0.05) is 12.1 Å². The summed E-state index contributed by atoms with van der Waals surface area (Å²) in [5, 5.41) is 2.80. The molecule has 0 bridgehead atoms. The molecule has 0 aliphatic carbocycles. The summed E-state index contributed by atoms with van der Waals surface area (Å²) in [5.74, 6) is 2.04. The minimum Gasteiger partial charge on any atom is -0.467 e. The van der Waals surface area contributed by atoms with Gasteiger partial charge in [0.15, 0.2) is 0 Å². The van der Waals surface area contributed by atoms with Crippen LogP contribution in [0.4, 0.5) is 0 Å². The van der Waals surface area contributed by atoms with Gasteiger partial charge in [0.25, 0.3) is 5.91 Å². The molecule has 0 radical (unpaired) electrons. The summed E-state index contributed by atoms with van der Waals surface area (Å²) >= 11 is 0. The maximum Gasteiger partial charge on any atom is 0.251 e. The van der Waals surface area contributed by atoms with Crippen LogP contribution in [0.25, 0.3) is 0 Å². The third-order valence-electron chi connectivity index (χ3n) is 3.35. The Hall–Kier alpha value is -3.01. The van der Waals surface area contributed by atoms with Crippen molar-refractivity contribution in [3.8, 4) is 11.5 Å². The molecule has 0 aliphatic rings. The van der Waals surface area contributed by atoms with Gasteiger partial charge in [0.2, 0.25) is 0 Å². The van der Waals surface area contributed by atoms with Crippen LogP contribution >= 0.6 is 0 Å². The largest absolute Gasteiger partial charge is 0.467 e. The standard InChI is InChI=1S/C19H17NO3/c1-14-4-2-5-17(12-14)23-16-9-7-15(8-10-16)19(21)20-13-18-6-3-11-22-18/h2-12H,13H2,1H3,(H,20,21). The number of benzene rings is 2. The molecule has 0 saturated heterocycles. The number of carbonyl (C=O) groups excluding carboxylic acids is 1. The van der Waals surface area contributed by atoms with Crippen molar-refractivity contribution in [2.45, 2.75) is 13.5 Å². The molecule has 0 saturated carbocycles. The van der Waals surface area contributed by atoms with Crippen molar-refractivity contribution in [1.29, 1.82) is 0 Å². The number of ether oxygens (including phenoxy) is 1. The molecule has 0 spiro atoms. The molecule has 3 rings (SSSR count). The van der Waals surface area contributed by atoms with E-state index in [1.54, 1.807) is 36.6 Å². The zero-order chi connectivity index (χ0) is 16.1. The summed E-state index contributed by atoms with van der Waals surface area (Å²) < 4.78 is 10.9. The van der Waals surface area contributed by atoms with E-state index in [1.165, 1.54) is 0 Å². The van der Waals surface area contributed by atoms with Gasteiger partial charge in [-0.3, -0.25) is 4.79 Å². The molecule has 3 aromatic rings. The van der Waals surface area contributed by atoms with Crippen molar-refractivity contribution < 1.29 is 13.9 Å². The Morgan fingerprint density at radius 3 is 2.57 bits per heavy atom. The van der Waals surface area contributed by atoms with Gasteiger partial charge < -0.3 is 14.5 Å². The quantitative estimate of drug-likeness (QED) is 0.764. The van der Waals surface area contributed by atoms with Crippen LogP contribution in [-0.4, -0.2) is 5.91 Å². The van der Waals surface area contributed by atoms with Crippen molar-refractivity contribution in [2.75, 3.05) is 0 Å². The van der Waals surface area contributed by atoms with Gasteiger partial charge in [-0.2, -0.15) is 0 Å². The minimum atomic E-state index is -0.150. The van der Waals surface area contributed by atoms with Crippen LogP contribution in [0.3, 0.4) is 0 Å². The summed E-state index contributed by atoms with van der Waals surface area (Å²) in [5.41, 5.74) is 1.71. The molecule has 1 heterocycles. The lowest BCUT2D eigenvalue weighted by molar-refractivity contribution is 0.0948. The summed E-state index contributed by atoms with van der Waals surface area (Å²) in [6.07, 6.45) is 1.58. The van der Waals surface area contributed by atoms with Crippen molar-refractivity contribution in [3.63, 3.8) is 0 Å². The third kappa shape index (κ3) is 4.01. The first kappa shape index (κ1) is 14.9. The zero-order valence-corrected chi connectivity index (χ0v) is 12.8. The van der Waals surface area contributed by atoms with E-state index >= 15 is 0 Å². The van der Waals surface area contributed by atoms with Crippen molar-refractivity contribution in [3.05, 3.63) is 83.8 Å². The molecular formula is C19H17NO3. The average molecular weight is 307 g/mol. The maximum absolute atomic E-state index is 12.1. The van der Waals surface area contributed by atoms with Crippen molar-refractivity contribution in [2.24, 2.45) is 0 Å². The van der Waals surface area contributed by atoms with Gasteiger partial charge in [-0.25, -0.2) is 0 Å². The van der Waals surface area contributed by atoms with Crippen LogP contribution in [0.2, 0.25) is 0 Å². The molecule has 0 aliphatic heterocycles. The van der Waals surface area contributed by atoms with Gasteiger partial charge in [0.05, 0.1) is 12.8 Å². The number of hydrogen-bond donors (Lipinski definition) is 1. The van der Waals surface area contributed by atoms with Crippen LogP contribution < -0.4 is 10.1 Å². The number of hydrogen-bond acceptors (Lipinski definition) is 3. The van der Waals surface area contributed by atoms with E-state index in [9.17, 15) is 4.79 Å². The third-order valence-corrected chi connectivity index (χ3v) is 3.35. The Kier molecular flexibility index (Phi) is 4.43. The Bertz CT molecular complexity index is 777. The lowest BCUT2D eigenvalue weighted by Crippen LogP contribution is -2.22. The topological polar surface area (TPSA) is 51.5 Å². The molecule has 0 unspecified atom stereocenters. The first-order valence-electron chi connectivity index (χ1n) is 7.36. The Labute approximate surface area is 134 Å². The number of carbonyl (C=O) groups is 1. The molecule has 2 aromatic carbocycles. The zero-order valence-electron chi connectivity index (χ0n) is 12.8. The van der Waals surface area contributed by atoms with E-state index in [0.717, 1.165) is 17.1 Å². The van der Waals surface area contributed by atoms with Gasteiger partial charge in [-0.05, 0) is 61.0 Å². The molecule has 116 valence electrons. The lowest BCUT2D eigenvalue weighted by atomic mass is 10.2. The molecule has 23 heavy (non-hydrogen) atoms. The van der Waals surface area contributed by atoms with E-state index in [0.29, 0.717) is 17.9 Å². The molecule has 1 amide bonds. The molecule has 0 fully saturated rings. The van der Waals surface area contributed by atoms with Crippen molar-refractivity contribution >= 4 is 5.91 Å². The normalized spacial score (nSPS) is 10.3. The second-order valence-corrected chi connectivity index (χ2v) is 5.20. The molecule has 1 aromatic heterocycles. The number of nitrogens with one attached hydrogen (secondary N) is 1. The number of furan rings is 1. The van der Waals surface area contributed by atoms with E-state index in [2.05, 4.69) is 5.32 Å². The van der Waals surface area contributed by atoms with Crippen LogP contribution in [0, 0.1) is 6.92 Å². The second-order valence-electron chi connectivity index (χ2n) is 5.20. The Morgan fingerprint density at radius 2 is 1.87 bits per heavy atom. The highest BCUT2D eigenvalue weighted by molar-refractivity contribution is 5.94. The summed E-state index contributed by atoms with van der Waals surface area (Å²) in [7, 11) is 0. The van der Waals surface area contributed by atoms with E-state index in [4.69, 9.17) is 9.15 Å². The molecule has 4 nitrogen and oxygen atoms in total. The monoisotopic (exact) mass is 307 g/mol. The fourth-order valence-electron chi connectivity index (χ4n) is 2.17. The Morgan fingerprint density at radius 1 is 1.04 bits per heavy atom. The Balaban J connectivity index is 1.61. The average Bonchev–Trinajstić information content (AvgIpc) is 3.07. The lowest BCUT2D eigenvalue weighted by Gasteiger charge is -2.08. The SMILES string of the molecule is Cc1cccc(Oc2ccc(C(=O)NCc3ccco3)cc2)c1. The highest BCUT2D eigenvalue weighted by Gasteiger charge is 2.06. The van der Waals surface area contributed by atoms with E-state index in [1.807, 2.05) is 37.3 Å². The van der Waals surface area contributed by atoms with Gasteiger partial charge in [0.1, 0.15) is 17.3 Å². The van der Waals surface area contributed by atoms with Gasteiger partial charge >= 0.3 is 0 Å². The number of rotatable bonds is 5. The second kappa shape index (κ2) is 6.83. The smallest absolute Gasteiger partial charge is 0.251 e. The van der Waals surface area contributed by atoms with Crippen LogP contribution in [0.1, 0.15) is 21.7 Å². The van der Waals surface area contributed by atoms with Crippen LogP contribution in [0.5, 0.6) is 11.5 Å². The molecule has 1 N–H and O–H groups in total. The first-order valence-corrected chi connectivity index (χ1v) is 7.36. The fourth-order valence-corrected chi connectivity index (χ4v) is 2.17. The predicted molar refractivity (Wildman–Crippen MR) is 87.6 cm³/mol. The van der Waals surface area contributed by atoms with Gasteiger partial charge in [0, 0.05) is 5.56 Å². The highest BCUT2D eigenvalue weighted by Crippen LogP contribution is 2.22. The molecule has 4 heteroatoms. The number of amides is 1. The summed E-state index contributed by atoms with van der Waals surface area (Å²) in [6, 6.07) is 18.5. The van der Waals surface area contributed by atoms with Crippen LogP contribution in [-0.2, 0) is 6.54 Å². The maximum atomic E-state index is 12.1.